The standard InChI is InChI=1S/C24H29F3N8O/c1-15(28)11-21(29)35-22(13-17(31-35)14-34-8-3-4-9-34)30-23(36)16-5-6-19(24(25,26)27)18(12-16)20-7-10-33(2)32-20/h5-7,10-13,15H,3-4,8-9,14,28-29H2,1-2H3,(H,30,36)/b21-11+. The quantitative estimate of drug-likeness (QED) is 0.456. The fourth-order valence-electron chi connectivity index (χ4n) is 4.19. The Hall–Kier alpha value is -3.64. The van der Waals surface area contributed by atoms with E-state index >= 15 is 0 Å². The molecule has 5 N–H and O–H groups in total. The second kappa shape index (κ2) is 10.2. The van der Waals surface area contributed by atoms with Gasteiger partial charge in [-0.2, -0.15) is 23.4 Å². The normalized spacial score (nSPS) is 15.9. The minimum absolute atomic E-state index is 0.0345. The average Bonchev–Trinajstić information content (AvgIpc) is 3.54. The van der Waals surface area contributed by atoms with Crippen molar-refractivity contribution in [2.75, 3.05) is 18.4 Å². The summed E-state index contributed by atoms with van der Waals surface area (Å²) < 4.78 is 43.7. The van der Waals surface area contributed by atoms with E-state index in [0.717, 1.165) is 38.1 Å². The van der Waals surface area contributed by atoms with Crippen molar-refractivity contribution in [3.05, 3.63) is 59.4 Å². The van der Waals surface area contributed by atoms with Gasteiger partial charge in [-0.05, 0) is 63.2 Å². The summed E-state index contributed by atoms with van der Waals surface area (Å²) in [5.41, 5.74) is 11.8. The Morgan fingerprint density at radius 3 is 2.53 bits per heavy atom. The molecule has 0 saturated carbocycles. The lowest BCUT2D eigenvalue weighted by Gasteiger charge is -2.14. The van der Waals surface area contributed by atoms with Crippen LogP contribution in [0.5, 0.6) is 0 Å². The second-order valence-electron chi connectivity index (χ2n) is 8.95. The fourth-order valence-corrected chi connectivity index (χ4v) is 4.19. The molecule has 1 aromatic carbocycles. The Balaban J connectivity index is 1.67. The Morgan fingerprint density at radius 1 is 1.19 bits per heavy atom. The van der Waals surface area contributed by atoms with Gasteiger partial charge in [0.2, 0.25) is 0 Å². The summed E-state index contributed by atoms with van der Waals surface area (Å²) in [7, 11) is 1.61. The molecule has 3 heterocycles. The molecule has 1 atom stereocenters. The van der Waals surface area contributed by atoms with Gasteiger partial charge in [-0.25, -0.2) is 4.68 Å². The van der Waals surface area contributed by atoms with Crippen LogP contribution in [0, 0.1) is 0 Å². The van der Waals surface area contributed by atoms with Gasteiger partial charge in [-0.3, -0.25) is 14.4 Å². The molecular formula is C24H29F3N8O. The predicted molar refractivity (Wildman–Crippen MR) is 130 cm³/mol. The first-order valence-electron chi connectivity index (χ1n) is 11.6. The second-order valence-corrected chi connectivity index (χ2v) is 8.95. The number of amides is 1. The zero-order valence-electron chi connectivity index (χ0n) is 20.1. The van der Waals surface area contributed by atoms with E-state index in [1.165, 1.54) is 27.7 Å². The molecule has 36 heavy (non-hydrogen) atoms. The highest BCUT2D eigenvalue weighted by atomic mass is 19.4. The Bertz CT molecular complexity index is 1270. The van der Waals surface area contributed by atoms with Crippen LogP contribution in [-0.2, 0) is 19.8 Å². The number of aromatic nitrogens is 4. The maximum absolute atomic E-state index is 13.7. The molecule has 1 amide bonds. The lowest BCUT2D eigenvalue weighted by Crippen LogP contribution is -2.21. The summed E-state index contributed by atoms with van der Waals surface area (Å²) in [6, 6.07) is 6.04. The number of nitrogens with one attached hydrogen (secondary N) is 1. The molecule has 12 heteroatoms. The monoisotopic (exact) mass is 502 g/mol. The van der Waals surface area contributed by atoms with Crippen LogP contribution in [0.1, 0.15) is 41.4 Å². The van der Waals surface area contributed by atoms with Crippen molar-refractivity contribution in [3.63, 3.8) is 0 Å². The number of benzene rings is 1. The van der Waals surface area contributed by atoms with Gasteiger partial charge in [0.25, 0.3) is 5.91 Å². The van der Waals surface area contributed by atoms with Gasteiger partial charge in [-0.15, -0.1) is 0 Å². The molecule has 1 aliphatic rings. The molecule has 2 aromatic heterocycles. The third kappa shape index (κ3) is 5.77. The number of rotatable bonds is 7. The van der Waals surface area contributed by atoms with E-state index < -0.39 is 17.6 Å². The Kier molecular flexibility index (Phi) is 7.18. The molecule has 1 unspecified atom stereocenters. The number of nitrogens with zero attached hydrogens (tertiary/aromatic N) is 5. The summed E-state index contributed by atoms with van der Waals surface area (Å²) >= 11 is 0. The van der Waals surface area contributed by atoms with Crippen LogP contribution in [-0.4, -0.2) is 49.5 Å². The lowest BCUT2D eigenvalue weighted by atomic mass is 10.0. The van der Waals surface area contributed by atoms with Gasteiger partial charge in [0.05, 0.1) is 17.0 Å². The molecule has 4 rings (SSSR count). The number of nitrogens with two attached hydrogens (primary N) is 2. The zero-order valence-corrected chi connectivity index (χ0v) is 20.1. The first kappa shape index (κ1) is 25.5. The molecule has 0 aliphatic carbocycles. The third-order valence-electron chi connectivity index (χ3n) is 5.84. The maximum Gasteiger partial charge on any atom is 0.417 e. The molecule has 192 valence electrons. The molecule has 1 fully saturated rings. The summed E-state index contributed by atoms with van der Waals surface area (Å²) in [4.78, 5) is 15.4. The van der Waals surface area contributed by atoms with Crippen molar-refractivity contribution in [1.82, 2.24) is 24.5 Å². The first-order chi connectivity index (χ1) is 17.0. The predicted octanol–water partition coefficient (Wildman–Crippen LogP) is 3.25. The van der Waals surface area contributed by atoms with Crippen LogP contribution >= 0.6 is 0 Å². The van der Waals surface area contributed by atoms with Crippen molar-refractivity contribution >= 4 is 17.5 Å². The Morgan fingerprint density at radius 2 is 1.92 bits per heavy atom. The number of likely N-dealkylation sites (tertiary alicyclic amines) is 1. The topological polar surface area (TPSA) is 120 Å². The van der Waals surface area contributed by atoms with Crippen molar-refractivity contribution in [1.29, 1.82) is 0 Å². The molecular weight excluding hydrogens is 473 g/mol. The van der Waals surface area contributed by atoms with Crippen molar-refractivity contribution in [2.45, 2.75) is 38.5 Å². The maximum atomic E-state index is 13.7. The highest BCUT2D eigenvalue weighted by Crippen LogP contribution is 2.37. The first-order valence-corrected chi connectivity index (χ1v) is 11.6. The average molecular weight is 503 g/mol. The van der Waals surface area contributed by atoms with E-state index in [1.807, 2.05) is 0 Å². The highest BCUT2D eigenvalue weighted by Gasteiger charge is 2.34. The lowest BCUT2D eigenvalue weighted by molar-refractivity contribution is -0.137. The summed E-state index contributed by atoms with van der Waals surface area (Å²) in [6.07, 6.45) is 0.756. The number of anilines is 1. The number of alkyl halides is 3. The van der Waals surface area contributed by atoms with Crippen LogP contribution in [0.3, 0.4) is 0 Å². The van der Waals surface area contributed by atoms with E-state index in [2.05, 4.69) is 20.4 Å². The largest absolute Gasteiger partial charge is 0.417 e. The van der Waals surface area contributed by atoms with Gasteiger partial charge in [-0.1, -0.05) is 0 Å². The van der Waals surface area contributed by atoms with Gasteiger partial charge < -0.3 is 16.8 Å². The van der Waals surface area contributed by atoms with E-state index in [-0.39, 0.29) is 28.7 Å². The van der Waals surface area contributed by atoms with E-state index in [9.17, 15) is 18.0 Å². The van der Waals surface area contributed by atoms with Gasteiger partial charge >= 0.3 is 6.18 Å². The number of carbonyl (C=O) groups excluding carboxylic acids is 1. The molecule has 0 bridgehead atoms. The molecule has 1 aliphatic heterocycles. The van der Waals surface area contributed by atoms with Crippen molar-refractivity contribution < 1.29 is 18.0 Å². The minimum atomic E-state index is -4.61. The Labute approximate surface area is 206 Å². The van der Waals surface area contributed by atoms with E-state index in [4.69, 9.17) is 11.5 Å². The minimum Gasteiger partial charge on any atom is -0.384 e. The van der Waals surface area contributed by atoms with E-state index in [0.29, 0.717) is 18.1 Å². The van der Waals surface area contributed by atoms with Crippen LogP contribution in [0.2, 0.25) is 0 Å². The van der Waals surface area contributed by atoms with Gasteiger partial charge in [0.1, 0.15) is 11.6 Å². The number of halogens is 3. The van der Waals surface area contributed by atoms with E-state index in [1.54, 1.807) is 26.1 Å². The number of hydrogen-bond acceptors (Lipinski definition) is 6. The molecule has 0 spiro atoms. The zero-order chi connectivity index (χ0) is 26.0. The molecule has 0 radical (unpaired) electrons. The smallest absolute Gasteiger partial charge is 0.384 e. The number of carbonyl (C=O) groups is 1. The molecule has 9 nitrogen and oxygen atoms in total. The van der Waals surface area contributed by atoms with Crippen LogP contribution in [0.15, 0.2) is 42.6 Å². The fraction of sp³-hybridized carbons (Fsp3) is 0.375. The van der Waals surface area contributed by atoms with Crippen LogP contribution < -0.4 is 16.8 Å². The summed E-state index contributed by atoms with van der Waals surface area (Å²) in [5.74, 6) is -0.0826. The van der Waals surface area contributed by atoms with Crippen molar-refractivity contribution in [2.24, 2.45) is 18.5 Å². The third-order valence-corrected chi connectivity index (χ3v) is 5.84. The van der Waals surface area contributed by atoms with Crippen LogP contribution in [0.4, 0.5) is 19.0 Å². The highest BCUT2D eigenvalue weighted by molar-refractivity contribution is 6.05. The summed E-state index contributed by atoms with van der Waals surface area (Å²) in [5, 5.41) is 11.4. The SMILES string of the molecule is CC(N)/C=C(\N)n1nc(CN2CCCC2)cc1NC(=O)c1ccc(C(F)(F)F)c(-c2ccn(C)n2)c1. The van der Waals surface area contributed by atoms with Gasteiger partial charge in [0, 0.05) is 43.0 Å². The molecule has 3 aromatic rings. The van der Waals surface area contributed by atoms with Crippen LogP contribution in [0.25, 0.3) is 17.1 Å². The summed E-state index contributed by atoms with van der Waals surface area (Å²) in [6.45, 7) is 4.26. The van der Waals surface area contributed by atoms with Crippen molar-refractivity contribution in [3.8, 4) is 11.3 Å². The van der Waals surface area contributed by atoms with Gasteiger partial charge in [0.15, 0.2) is 0 Å². The molecule has 1 saturated heterocycles. The number of hydrogen-bond donors (Lipinski definition) is 3. The number of aryl methyl sites for hydroxylation is 1.